The third-order valence-electron chi connectivity index (χ3n) is 10.5. The first-order chi connectivity index (χ1) is 19.7. The van der Waals surface area contributed by atoms with Crippen molar-refractivity contribution in [2.45, 2.75) is 69.0 Å². The lowest BCUT2D eigenvalue weighted by Gasteiger charge is -2.46. The zero-order valence-electron chi connectivity index (χ0n) is 23.7. The van der Waals surface area contributed by atoms with Crippen molar-refractivity contribution in [1.82, 2.24) is 4.72 Å². The van der Waals surface area contributed by atoms with Crippen molar-refractivity contribution < 1.29 is 17.9 Å². The average molecular weight is 595 g/mol. The van der Waals surface area contributed by atoms with Crippen molar-refractivity contribution in [2.24, 2.45) is 23.7 Å². The summed E-state index contributed by atoms with van der Waals surface area (Å²) in [7, 11) is -3.82. The third-order valence-corrected chi connectivity index (χ3v) is 12.4. The normalized spacial score (nSPS) is 33.5. The Kier molecular flexibility index (Phi) is 6.89. The van der Waals surface area contributed by atoms with E-state index in [0.29, 0.717) is 42.3 Å². The van der Waals surface area contributed by atoms with Crippen LogP contribution in [0.5, 0.6) is 5.75 Å². The van der Waals surface area contributed by atoms with Gasteiger partial charge in [0.1, 0.15) is 5.75 Å². The molecule has 8 heteroatoms. The van der Waals surface area contributed by atoms with Crippen LogP contribution in [0.4, 0.5) is 5.69 Å². The van der Waals surface area contributed by atoms with Gasteiger partial charge in [-0.1, -0.05) is 29.8 Å². The minimum Gasteiger partial charge on any atom is -0.490 e. The van der Waals surface area contributed by atoms with Crippen molar-refractivity contribution in [3.63, 3.8) is 0 Å². The SMILES string of the molecule is CC1C/C=C/C(C2CC2)[C@@H]2CCC2CN2C[C@@]3(CCCc4cc(Cl)ccc43)COc3ccc(cc32)C(=O)NS1(=O)=O. The predicted molar refractivity (Wildman–Crippen MR) is 162 cm³/mol. The molecule has 2 aromatic carbocycles. The van der Waals surface area contributed by atoms with Gasteiger partial charge in [0.05, 0.1) is 17.5 Å². The Balaban J connectivity index is 1.31. The maximum atomic E-state index is 13.3. The molecule has 0 radical (unpaired) electrons. The number of carbonyl (C=O) groups excluding carboxylic acids is 1. The summed E-state index contributed by atoms with van der Waals surface area (Å²) in [4.78, 5) is 15.7. The topological polar surface area (TPSA) is 75.7 Å². The van der Waals surface area contributed by atoms with Gasteiger partial charge in [-0.25, -0.2) is 13.1 Å². The number of benzene rings is 2. The highest BCUT2D eigenvalue weighted by Crippen LogP contribution is 2.52. The molecule has 5 atom stereocenters. The Morgan fingerprint density at radius 3 is 2.68 bits per heavy atom. The molecule has 2 aliphatic heterocycles. The molecule has 5 aliphatic rings. The van der Waals surface area contributed by atoms with E-state index in [-0.39, 0.29) is 5.41 Å². The number of nitrogens with zero attached hydrogens (tertiary/aromatic N) is 1. The molecule has 2 saturated carbocycles. The van der Waals surface area contributed by atoms with Gasteiger partial charge < -0.3 is 9.64 Å². The van der Waals surface area contributed by atoms with Crippen LogP contribution >= 0.6 is 11.6 Å². The Bertz CT molecular complexity index is 1500. The number of aryl methyl sites for hydroxylation is 1. The van der Waals surface area contributed by atoms with Gasteiger partial charge in [-0.05, 0) is 123 Å². The molecule has 1 N–H and O–H groups in total. The Morgan fingerprint density at radius 1 is 1.07 bits per heavy atom. The molecule has 41 heavy (non-hydrogen) atoms. The van der Waals surface area contributed by atoms with Crippen molar-refractivity contribution >= 4 is 33.2 Å². The van der Waals surface area contributed by atoms with Gasteiger partial charge in [-0.3, -0.25) is 4.79 Å². The van der Waals surface area contributed by atoms with Gasteiger partial charge in [0, 0.05) is 29.1 Å². The maximum absolute atomic E-state index is 13.3. The van der Waals surface area contributed by atoms with E-state index in [1.54, 1.807) is 13.0 Å². The van der Waals surface area contributed by atoms with Gasteiger partial charge in [0.2, 0.25) is 10.0 Å². The second-order valence-corrected chi connectivity index (χ2v) is 15.7. The summed E-state index contributed by atoms with van der Waals surface area (Å²) in [5, 5.41) is 0.0782. The first kappa shape index (κ1) is 27.3. The van der Waals surface area contributed by atoms with Crippen LogP contribution in [0.3, 0.4) is 0 Å². The first-order valence-electron chi connectivity index (χ1n) is 15.3. The Morgan fingerprint density at radius 2 is 1.90 bits per heavy atom. The molecule has 2 fully saturated rings. The molecule has 0 aromatic heterocycles. The van der Waals surface area contributed by atoms with E-state index in [1.165, 1.54) is 36.8 Å². The Hall–Kier alpha value is -2.51. The van der Waals surface area contributed by atoms with E-state index in [0.717, 1.165) is 48.8 Å². The lowest BCUT2D eigenvalue weighted by atomic mass is 9.65. The predicted octanol–water partition coefficient (Wildman–Crippen LogP) is 6.27. The van der Waals surface area contributed by atoms with Crippen LogP contribution in [-0.4, -0.2) is 39.3 Å². The molecule has 0 saturated heterocycles. The standard InChI is InChI=1S/C33H39ClN2O4S/c1-21-4-2-6-27(22-7-8-22)28-12-9-25(28)18-36-19-33(15-3-5-23-16-26(34)11-13-29(23)33)20-40-31-14-10-24(17-30(31)36)32(37)35-41(21,38)39/h2,6,10-11,13-14,16-17,21-22,25,27-28H,3-5,7-9,12,15,18-20H2,1H3,(H,35,37)/b6-2+/t21?,25?,27?,28-,33+/m1/s1. The molecule has 2 heterocycles. The summed E-state index contributed by atoms with van der Waals surface area (Å²) in [6.07, 6.45) is 12.8. The minimum atomic E-state index is -3.82. The number of hydrogen-bond donors (Lipinski definition) is 1. The molecular formula is C33H39ClN2O4S. The first-order valence-corrected chi connectivity index (χ1v) is 17.2. The Labute approximate surface area is 248 Å². The summed E-state index contributed by atoms with van der Waals surface area (Å²) >= 11 is 6.41. The zero-order valence-corrected chi connectivity index (χ0v) is 25.2. The van der Waals surface area contributed by atoms with Crippen molar-refractivity contribution in [3.05, 3.63) is 70.3 Å². The van der Waals surface area contributed by atoms with E-state index in [4.69, 9.17) is 16.3 Å². The van der Waals surface area contributed by atoms with Crippen LogP contribution in [-0.2, 0) is 21.9 Å². The monoisotopic (exact) mass is 594 g/mol. The molecule has 6 nitrogen and oxygen atoms in total. The van der Waals surface area contributed by atoms with Crippen LogP contribution in [0.2, 0.25) is 5.02 Å². The molecule has 218 valence electrons. The van der Waals surface area contributed by atoms with Gasteiger partial charge in [-0.2, -0.15) is 0 Å². The maximum Gasteiger partial charge on any atom is 0.264 e. The number of carbonyl (C=O) groups is 1. The summed E-state index contributed by atoms with van der Waals surface area (Å²) in [6, 6.07) is 11.7. The second-order valence-electron chi connectivity index (χ2n) is 13.2. The van der Waals surface area contributed by atoms with E-state index in [2.05, 4.69) is 33.9 Å². The number of fused-ring (bicyclic) bond motifs is 4. The number of ether oxygens (including phenoxy) is 1. The molecule has 2 bridgehead atoms. The fourth-order valence-corrected chi connectivity index (χ4v) is 8.98. The minimum absolute atomic E-state index is 0.184. The number of hydrogen-bond acceptors (Lipinski definition) is 5. The molecule has 3 aliphatic carbocycles. The summed E-state index contributed by atoms with van der Waals surface area (Å²) in [5.74, 6) is 2.50. The molecule has 7 rings (SSSR count). The van der Waals surface area contributed by atoms with Crippen LogP contribution in [0.1, 0.15) is 73.4 Å². The number of halogens is 1. The van der Waals surface area contributed by atoms with Crippen LogP contribution in [0.15, 0.2) is 48.6 Å². The number of rotatable bonds is 1. The quantitative estimate of drug-likeness (QED) is 0.394. The highest BCUT2D eigenvalue weighted by Gasteiger charge is 2.46. The summed E-state index contributed by atoms with van der Waals surface area (Å²) in [5.41, 5.74) is 3.66. The van der Waals surface area contributed by atoms with Crippen LogP contribution in [0, 0.1) is 23.7 Å². The largest absolute Gasteiger partial charge is 0.490 e. The number of amides is 1. The van der Waals surface area contributed by atoms with Gasteiger partial charge in [0.25, 0.3) is 5.91 Å². The fourth-order valence-electron chi connectivity index (χ4n) is 7.84. The number of anilines is 1. The van der Waals surface area contributed by atoms with E-state index in [9.17, 15) is 13.2 Å². The van der Waals surface area contributed by atoms with Crippen molar-refractivity contribution in [1.29, 1.82) is 0 Å². The molecular weight excluding hydrogens is 556 g/mol. The van der Waals surface area contributed by atoms with Gasteiger partial charge in [-0.15, -0.1) is 0 Å². The lowest BCUT2D eigenvalue weighted by molar-refractivity contribution is 0.0981. The average Bonchev–Trinajstić information content (AvgIpc) is 3.78. The lowest BCUT2D eigenvalue weighted by Crippen LogP contribution is -2.49. The zero-order chi connectivity index (χ0) is 28.4. The molecule has 3 unspecified atom stereocenters. The van der Waals surface area contributed by atoms with Crippen LogP contribution < -0.4 is 14.4 Å². The molecule has 1 spiro atoms. The highest BCUT2D eigenvalue weighted by atomic mass is 35.5. The molecule has 1 amide bonds. The highest BCUT2D eigenvalue weighted by molar-refractivity contribution is 7.90. The molecule has 2 aromatic rings. The smallest absolute Gasteiger partial charge is 0.264 e. The summed E-state index contributed by atoms with van der Waals surface area (Å²) in [6.45, 7) is 3.94. The van der Waals surface area contributed by atoms with E-state index < -0.39 is 21.2 Å². The van der Waals surface area contributed by atoms with Gasteiger partial charge >= 0.3 is 0 Å². The van der Waals surface area contributed by atoms with Gasteiger partial charge in [0.15, 0.2) is 0 Å². The number of allylic oxidation sites excluding steroid dienone is 2. The number of sulfonamides is 1. The van der Waals surface area contributed by atoms with Crippen molar-refractivity contribution in [3.8, 4) is 5.75 Å². The summed E-state index contributed by atoms with van der Waals surface area (Å²) < 4.78 is 35.1. The van der Waals surface area contributed by atoms with Crippen LogP contribution in [0.25, 0.3) is 0 Å². The van der Waals surface area contributed by atoms with E-state index >= 15 is 0 Å². The third kappa shape index (κ3) is 5.07. The van der Waals surface area contributed by atoms with Crippen molar-refractivity contribution in [2.75, 3.05) is 24.6 Å². The number of nitrogens with one attached hydrogen (secondary N) is 1. The fraction of sp³-hybridized carbons (Fsp3) is 0.545. The second kappa shape index (κ2) is 10.3. The van der Waals surface area contributed by atoms with E-state index in [1.807, 2.05) is 18.2 Å².